The van der Waals surface area contributed by atoms with Crippen LogP contribution >= 0.6 is 11.6 Å². The third-order valence-corrected chi connectivity index (χ3v) is 3.10. The van der Waals surface area contributed by atoms with Gasteiger partial charge in [0, 0.05) is 12.5 Å². The van der Waals surface area contributed by atoms with E-state index in [9.17, 15) is 0 Å². The van der Waals surface area contributed by atoms with Crippen molar-refractivity contribution < 1.29 is 9.47 Å². The quantitative estimate of drug-likeness (QED) is 0.520. The Labute approximate surface area is 115 Å². The molecule has 0 atom stereocenters. The summed E-state index contributed by atoms with van der Waals surface area (Å²) in [6.07, 6.45) is 2.28. The molecule has 0 spiro atoms. The summed E-state index contributed by atoms with van der Waals surface area (Å²) in [4.78, 5) is 0. The molecule has 0 fully saturated rings. The van der Waals surface area contributed by atoms with Gasteiger partial charge in [0.2, 0.25) is 0 Å². The Kier molecular flexibility index (Phi) is 7.14. The van der Waals surface area contributed by atoms with Crippen LogP contribution in [0.3, 0.4) is 0 Å². The molecule has 0 aliphatic heterocycles. The molecule has 0 bridgehead atoms. The lowest BCUT2D eigenvalue weighted by molar-refractivity contribution is 0.0976. The van der Waals surface area contributed by atoms with Crippen LogP contribution in [0.25, 0.3) is 0 Å². The number of ether oxygens (including phenoxy) is 2. The zero-order valence-corrected chi connectivity index (χ0v) is 12.3. The fraction of sp³-hybridized carbons (Fsp3) is 0.600. The minimum atomic E-state index is 0.544. The summed E-state index contributed by atoms with van der Waals surface area (Å²) in [6, 6.07) is 4.15. The summed E-state index contributed by atoms with van der Waals surface area (Å²) in [5.41, 5.74) is 3.41. The van der Waals surface area contributed by atoms with Gasteiger partial charge in [-0.2, -0.15) is 0 Å². The van der Waals surface area contributed by atoms with Gasteiger partial charge in [0.15, 0.2) is 0 Å². The molecule has 18 heavy (non-hydrogen) atoms. The summed E-state index contributed by atoms with van der Waals surface area (Å²) >= 11 is 5.84. The van der Waals surface area contributed by atoms with Crippen LogP contribution in [0, 0.1) is 13.8 Å². The van der Waals surface area contributed by atoms with Gasteiger partial charge in [0.05, 0.1) is 6.61 Å². The fourth-order valence-electron chi connectivity index (χ4n) is 1.90. The predicted octanol–water partition coefficient (Wildman–Crippen LogP) is 4.24. The Morgan fingerprint density at radius 1 is 1.06 bits per heavy atom. The van der Waals surface area contributed by atoms with Crippen molar-refractivity contribution in [3.8, 4) is 5.75 Å². The van der Waals surface area contributed by atoms with Gasteiger partial charge >= 0.3 is 0 Å². The van der Waals surface area contributed by atoms with Crippen molar-refractivity contribution in [2.75, 3.05) is 19.8 Å². The third-order valence-electron chi connectivity index (χ3n) is 2.79. The summed E-state index contributed by atoms with van der Waals surface area (Å²) < 4.78 is 11.3. The van der Waals surface area contributed by atoms with Gasteiger partial charge in [-0.25, -0.2) is 0 Å². The Hall–Kier alpha value is -0.730. The first kappa shape index (κ1) is 15.3. The lowest BCUT2D eigenvalue weighted by atomic mass is 10.1. The van der Waals surface area contributed by atoms with Crippen molar-refractivity contribution in [1.82, 2.24) is 0 Å². The van der Waals surface area contributed by atoms with Gasteiger partial charge in [-0.15, -0.1) is 11.6 Å². The van der Waals surface area contributed by atoms with Gasteiger partial charge in [-0.05, 0) is 37.0 Å². The van der Waals surface area contributed by atoms with Crippen LogP contribution in [0.2, 0.25) is 0 Å². The van der Waals surface area contributed by atoms with E-state index < -0.39 is 0 Å². The summed E-state index contributed by atoms with van der Waals surface area (Å²) in [5, 5.41) is 0. The molecule has 102 valence electrons. The lowest BCUT2D eigenvalue weighted by Crippen LogP contribution is -2.09. The molecule has 2 nitrogen and oxygen atoms in total. The maximum atomic E-state index is 5.84. The van der Waals surface area contributed by atoms with Crippen LogP contribution in [0.1, 0.15) is 36.5 Å². The highest BCUT2D eigenvalue weighted by Crippen LogP contribution is 2.25. The van der Waals surface area contributed by atoms with Crippen LogP contribution in [-0.2, 0) is 10.6 Å². The normalized spacial score (nSPS) is 10.7. The van der Waals surface area contributed by atoms with Crippen molar-refractivity contribution >= 4 is 11.6 Å². The first-order valence-corrected chi connectivity index (χ1v) is 7.09. The second-order valence-electron chi connectivity index (χ2n) is 4.51. The molecular formula is C15H23ClO2. The molecule has 0 aromatic heterocycles. The van der Waals surface area contributed by atoms with E-state index in [1.807, 2.05) is 0 Å². The van der Waals surface area contributed by atoms with Crippen molar-refractivity contribution in [3.05, 3.63) is 28.8 Å². The summed E-state index contributed by atoms with van der Waals surface area (Å²) in [7, 11) is 0. The highest BCUT2D eigenvalue weighted by atomic mass is 35.5. The maximum Gasteiger partial charge on any atom is 0.125 e. The molecular weight excluding hydrogens is 248 g/mol. The van der Waals surface area contributed by atoms with Crippen LogP contribution in [0.4, 0.5) is 0 Å². The number of hydrogen-bond donors (Lipinski definition) is 0. The molecule has 0 amide bonds. The van der Waals surface area contributed by atoms with Crippen molar-refractivity contribution in [2.45, 2.75) is 39.5 Å². The predicted molar refractivity (Wildman–Crippen MR) is 76.7 cm³/mol. The molecule has 1 aromatic rings. The van der Waals surface area contributed by atoms with Crippen molar-refractivity contribution in [3.63, 3.8) is 0 Å². The van der Waals surface area contributed by atoms with Gasteiger partial charge in [0.1, 0.15) is 12.4 Å². The van der Waals surface area contributed by atoms with Crippen molar-refractivity contribution in [1.29, 1.82) is 0 Å². The van der Waals surface area contributed by atoms with E-state index >= 15 is 0 Å². The number of unbranched alkanes of at least 4 members (excludes halogenated alkanes) is 1. The molecule has 0 aliphatic rings. The first-order valence-electron chi connectivity index (χ1n) is 6.55. The smallest absolute Gasteiger partial charge is 0.125 e. The van der Waals surface area contributed by atoms with Crippen LogP contribution in [0.15, 0.2) is 12.1 Å². The Morgan fingerprint density at radius 2 is 1.72 bits per heavy atom. The Balaban J connectivity index is 2.42. The van der Waals surface area contributed by atoms with E-state index in [2.05, 4.69) is 32.9 Å². The minimum Gasteiger partial charge on any atom is -0.491 e. The fourth-order valence-corrected chi connectivity index (χ4v) is 2.05. The minimum absolute atomic E-state index is 0.544. The van der Waals surface area contributed by atoms with E-state index in [0.717, 1.165) is 35.5 Å². The van der Waals surface area contributed by atoms with Gasteiger partial charge in [-0.1, -0.05) is 25.5 Å². The number of aryl methyl sites for hydroxylation is 2. The highest BCUT2D eigenvalue weighted by Gasteiger charge is 2.06. The number of rotatable bonds is 8. The molecule has 1 rings (SSSR count). The molecule has 0 N–H and O–H groups in total. The Morgan fingerprint density at radius 3 is 2.28 bits per heavy atom. The number of benzene rings is 1. The second kappa shape index (κ2) is 8.39. The first-order chi connectivity index (χ1) is 8.69. The van der Waals surface area contributed by atoms with E-state index in [-0.39, 0.29) is 0 Å². The molecule has 3 heteroatoms. The van der Waals surface area contributed by atoms with Gasteiger partial charge in [-0.3, -0.25) is 0 Å². The van der Waals surface area contributed by atoms with E-state index in [1.54, 1.807) is 0 Å². The zero-order chi connectivity index (χ0) is 13.4. The van der Waals surface area contributed by atoms with Crippen LogP contribution < -0.4 is 4.74 Å². The summed E-state index contributed by atoms with van der Waals surface area (Å²) in [5.74, 6) is 1.50. The highest BCUT2D eigenvalue weighted by molar-refractivity contribution is 6.17. The molecule has 1 aromatic carbocycles. The van der Waals surface area contributed by atoms with Crippen LogP contribution in [0.5, 0.6) is 5.75 Å². The zero-order valence-electron chi connectivity index (χ0n) is 11.6. The topological polar surface area (TPSA) is 18.5 Å². The van der Waals surface area contributed by atoms with E-state index in [1.165, 1.54) is 6.42 Å². The van der Waals surface area contributed by atoms with Gasteiger partial charge in [0.25, 0.3) is 0 Å². The monoisotopic (exact) mass is 270 g/mol. The van der Waals surface area contributed by atoms with E-state index in [4.69, 9.17) is 21.1 Å². The third kappa shape index (κ3) is 4.87. The van der Waals surface area contributed by atoms with E-state index in [0.29, 0.717) is 19.1 Å². The standard InChI is InChI=1S/C15H23ClO2/c1-4-5-6-17-7-8-18-15-12(2)9-14(11-16)10-13(15)3/h9-10H,4-8,11H2,1-3H3. The number of hydrogen-bond acceptors (Lipinski definition) is 2. The molecule has 0 radical (unpaired) electrons. The average molecular weight is 271 g/mol. The lowest BCUT2D eigenvalue weighted by Gasteiger charge is -2.13. The second-order valence-corrected chi connectivity index (χ2v) is 4.77. The Bertz CT molecular complexity index is 341. The van der Waals surface area contributed by atoms with Crippen LogP contribution in [-0.4, -0.2) is 19.8 Å². The largest absolute Gasteiger partial charge is 0.491 e. The molecule has 0 saturated heterocycles. The maximum absolute atomic E-state index is 5.84. The van der Waals surface area contributed by atoms with Gasteiger partial charge < -0.3 is 9.47 Å². The van der Waals surface area contributed by atoms with Crippen molar-refractivity contribution in [2.24, 2.45) is 0 Å². The summed E-state index contributed by atoms with van der Waals surface area (Å²) in [6.45, 7) is 8.34. The SMILES string of the molecule is CCCCOCCOc1c(C)cc(CCl)cc1C. The molecule has 0 unspecified atom stereocenters. The number of alkyl halides is 1. The molecule has 0 aliphatic carbocycles. The average Bonchev–Trinajstić information content (AvgIpc) is 2.35. The number of halogens is 1. The molecule has 0 saturated carbocycles. The molecule has 0 heterocycles.